The largest absolute Gasteiger partial charge is 0.376 e. The molecule has 1 amide bonds. The third kappa shape index (κ3) is 4.74. The number of benzene rings is 2. The molecule has 0 fully saturated rings. The Morgan fingerprint density at radius 3 is 2.37 bits per heavy atom. The topological polar surface area (TPSA) is 71.3 Å². The van der Waals surface area contributed by atoms with E-state index in [9.17, 15) is 9.18 Å². The van der Waals surface area contributed by atoms with Gasteiger partial charge < -0.3 is 5.32 Å². The molecule has 6 nitrogen and oxygen atoms in total. The molecule has 2 aromatic carbocycles. The van der Waals surface area contributed by atoms with Crippen molar-refractivity contribution in [3.63, 3.8) is 0 Å². The molecular weight excluding hydrogens is 381 g/mol. The van der Waals surface area contributed by atoms with Crippen LogP contribution in [0, 0.1) is 40.4 Å². The van der Waals surface area contributed by atoms with Gasteiger partial charge in [-0.1, -0.05) is 17.7 Å². The van der Waals surface area contributed by atoms with Crippen LogP contribution in [0.5, 0.6) is 0 Å². The molecule has 0 aliphatic rings. The molecule has 7 heteroatoms. The van der Waals surface area contributed by atoms with Gasteiger partial charge in [0.2, 0.25) is 0 Å². The van der Waals surface area contributed by atoms with Crippen LogP contribution in [0.2, 0.25) is 0 Å². The average Bonchev–Trinajstić information content (AvgIpc) is 2.96. The lowest BCUT2D eigenvalue weighted by Gasteiger charge is -2.13. The number of hydrogen-bond donors (Lipinski definition) is 2. The molecule has 0 saturated carbocycles. The summed E-state index contributed by atoms with van der Waals surface area (Å²) in [5, 5.41) is 11.7. The van der Waals surface area contributed by atoms with Crippen molar-refractivity contribution in [3.05, 3.63) is 75.9 Å². The normalized spacial score (nSPS) is 11.1. The first-order valence-corrected chi connectivity index (χ1v) is 9.72. The van der Waals surface area contributed by atoms with Crippen molar-refractivity contribution in [1.29, 1.82) is 0 Å². The number of nitrogens with zero attached hydrogens (tertiary/aromatic N) is 3. The van der Waals surface area contributed by atoms with E-state index in [2.05, 4.69) is 33.1 Å². The Bertz CT molecular complexity index is 1080. The van der Waals surface area contributed by atoms with Crippen LogP contribution in [0.3, 0.4) is 0 Å². The van der Waals surface area contributed by atoms with Gasteiger partial charge in [0.1, 0.15) is 5.82 Å². The molecule has 0 atom stereocenters. The van der Waals surface area contributed by atoms with E-state index in [0.29, 0.717) is 0 Å². The molecule has 156 valence electrons. The number of amides is 1. The molecule has 1 heterocycles. The summed E-state index contributed by atoms with van der Waals surface area (Å²) in [6, 6.07) is 10.3. The van der Waals surface area contributed by atoms with Crippen LogP contribution in [0.1, 0.15) is 33.6 Å². The smallest absolute Gasteiger partial charge is 0.259 e. The van der Waals surface area contributed by atoms with E-state index in [-0.39, 0.29) is 18.3 Å². The molecule has 0 radical (unpaired) electrons. The number of anilines is 1. The molecule has 0 spiro atoms. The molecule has 0 aliphatic heterocycles. The quantitative estimate of drug-likeness (QED) is 0.477. The summed E-state index contributed by atoms with van der Waals surface area (Å²) in [6.45, 7) is 9.96. The minimum absolute atomic E-state index is 0.120. The van der Waals surface area contributed by atoms with Gasteiger partial charge >= 0.3 is 0 Å². The first kappa shape index (κ1) is 21.2. The van der Waals surface area contributed by atoms with E-state index in [0.717, 1.165) is 39.5 Å². The Morgan fingerprint density at radius 2 is 1.73 bits per heavy atom. The van der Waals surface area contributed by atoms with E-state index in [1.165, 1.54) is 17.7 Å². The molecular formula is C23H26FN5O. The molecule has 1 aromatic heterocycles. The third-order valence-electron chi connectivity index (χ3n) is 4.90. The van der Waals surface area contributed by atoms with Gasteiger partial charge in [-0.25, -0.2) is 14.5 Å². The number of aromatic nitrogens is 2. The van der Waals surface area contributed by atoms with Crippen molar-refractivity contribution in [2.45, 2.75) is 34.6 Å². The van der Waals surface area contributed by atoms with E-state index < -0.39 is 0 Å². The fourth-order valence-corrected chi connectivity index (χ4v) is 3.51. The zero-order valence-corrected chi connectivity index (χ0v) is 17.9. The lowest BCUT2D eigenvalue weighted by atomic mass is 10.1. The summed E-state index contributed by atoms with van der Waals surface area (Å²) < 4.78 is 14.9. The molecule has 0 saturated heterocycles. The van der Waals surface area contributed by atoms with Gasteiger partial charge in [0.25, 0.3) is 5.91 Å². The minimum Gasteiger partial charge on any atom is -0.376 e. The van der Waals surface area contributed by atoms with E-state index in [4.69, 9.17) is 0 Å². The van der Waals surface area contributed by atoms with Gasteiger partial charge in [-0.2, -0.15) is 10.2 Å². The maximum Gasteiger partial charge on any atom is 0.259 e. The van der Waals surface area contributed by atoms with Gasteiger partial charge in [0.05, 0.1) is 29.8 Å². The zero-order valence-electron chi connectivity index (χ0n) is 17.9. The summed E-state index contributed by atoms with van der Waals surface area (Å²) in [5.41, 5.74) is 10.1. The molecule has 3 rings (SSSR count). The number of carbonyl (C=O) groups is 1. The Morgan fingerprint density at radius 1 is 1.10 bits per heavy atom. The molecule has 0 bridgehead atoms. The van der Waals surface area contributed by atoms with Gasteiger partial charge in [-0.15, -0.1) is 0 Å². The number of hydrogen-bond acceptors (Lipinski definition) is 4. The molecule has 0 unspecified atom stereocenters. The highest BCUT2D eigenvalue weighted by Gasteiger charge is 2.12. The minimum atomic E-state index is -0.297. The number of rotatable bonds is 6. The van der Waals surface area contributed by atoms with Crippen LogP contribution in [0.15, 0.2) is 41.5 Å². The van der Waals surface area contributed by atoms with Crippen LogP contribution >= 0.6 is 0 Å². The third-order valence-corrected chi connectivity index (χ3v) is 4.90. The van der Waals surface area contributed by atoms with Gasteiger partial charge in [0.15, 0.2) is 0 Å². The SMILES string of the molecule is Cc1cc(C)c(NCC(=O)N/N=C\c2c(C)nn(-c3ccc(F)cc3)c2C)c(C)c1. The van der Waals surface area contributed by atoms with Crippen LogP contribution in [-0.2, 0) is 4.79 Å². The van der Waals surface area contributed by atoms with Crippen LogP contribution in [0.25, 0.3) is 5.69 Å². The maximum absolute atomic E-state index is 13.2. The molecule has 2 N–H and O–H groups in total. The highest BCUT2D eigenvalue weighted by atomic mass is 19.1. The van der Waals surface area contributed by atoms with Crippen LogP contribution in [-0.4, -0.2) is 28.4 Å². The first-order valence-electron chi connectivity index (χ1n) is 9.72. The number of hydrazone groups is 1. The lowest BCUT2D eigenvalue weighted by Crippen LogP contribution is -2.26. The van der Waals surface area contributed by atoms with E-state index in [1.54, 1.807) is 23.0 Å². The maximum atomic E-state index is 13.2. The van der Waals surface area contributed by atoms with E-state index in [1.807, 2.05) is 34.6 Å². The number of aryl methyl sites for hydroxylation is 4. The monoisotopic (exact) mass is 407 g/mol. The summed E-state index contributed by atoms with van der Waals surface area (Å²) in [6.07, 6.45) is 1.58. The van der Waals surface area contributed by atoms with Crippen molar-refractivity contribution >= 4 is 17.8 Å². The second kappa shape index (κ2) is 8.90. The molecule has 0 aliphatic carbocycles. The first-order chi connectivity index (χ1) is 14.3. The Labute approximate surface area is 175 Å². The predicted molar refractivity (Wildman–Crippen MR) is 118 cm³/mol. The Balaban J connectivity index is 1.64. The highest BCUT2D eigenvalue weighted by molar-refractivity contribution is 5.86. The number of nitrogens with one attached hydrogen (secondary N) is 2. The second-order valence-electron chi connectivity index (χ2n) is 7.39. The van der Waals surface area contributed by atoms with Crippen molar-refractivity contribution in [1.82, 2.24) is 15.2 Å². The Kier molecular flexibility index (Phi) is 6.30. The second-order valence-corrected chi connectivity index (χ2v) is 7.39. The van der Waals surface area contributed by atoms with Gasteiger partial charge in [0, 0.05) is 11.3 Å². The zero-order chi connectivity index (χ0) is 21.8. The fraction of sp³-hybridized carbons (Fsp3) is 0.261. The number of carbonyl (C=O) groups excluding carboxylic acids is 1. The number of halogens is 1. The Hall–Kier alpha value is -3.48. The van der Waals surface area contributed by atoms with E-state index >= 15 is 0 Å². The van der Waals surface area contributed by atoms with Gasteiger partial charge in [-0.3, -0.25) is 4.79 Å². The van der Waals surface area contributed by atoms with Crippen molar-refractivity contribution in [3.8, 4) is 5.69 Å². The van der Waals surface area contributed by atoms with Gasteiger partial charge in [-0.05, 0) is 70.0 Å². The predicted octanol–water partition coefficient (Wildman–Crippen LogP) is 4.12. The summed E-state index contributed by atoms with van der Waals surface area (Å²) in [5.74, 6) is -0.540. The molecule has 3 aromatic rings. The van der Waals surface area contributed by atoms with Crippen molar-refractivity contribution in [2.24, 2.45) is 5.10 Å². The summed E-state index contributed by atoms with van der Waals surface area (Å²) in [7, 11) is 0. The van der Waals surface area contributed by atoms with Crippen molar-refractivity contribution in [2.75, 3.05) is 11.9 Å². The molecule has 30 heavy (non-hydrogen) atoms. The lowest BCUT2D eigenvalue weighted by molar-refractivity contribution is -0.119. The fourth-order valence-electron chi connectivity index (χ4n) is 3.51. The standard InChI is InChI=1S/C23H26FN5O/c1-14-10-15(2)23(16(3)11-14)25-13-22(30)27-26-12-21-17(4)28-29(18(21)5)20-8-6-19(24)7-9-20/h6-12,25H,13H2,1-5H3,(H,27,30)/b26-12-. The summed E-state index contributed by atoms with van der Waals surface area (Å²) in [4.78, 5) is 12.2. The summed E-state index contributed by atoms with van der Waals surface area (Å²) >= 11 is 0. The van der Waals surface area contributed by atoms with Crippen molar-refractivity contribution < 1.29 is 9.18 Å². The average molecular weight is 407 g/mol. The highest BCUT2D eigenvalue weighted by Crippen LogP contribution is 2.21. The van der Waals surface area contributed by atoms with Crippen LogP contribution < -0.4 is 10.7 Å². The van der Waals surface area contributed by atoms with Crippen LogP contribution in [0.4, 0.5) is 10.1 Å².